The van der Waals surface area contributed by atoms with Crippen LogP contribution in [-0.2, 0) is 11.2 Å². The van der Waals surface area contributed by atoms with Gasteiger partial charge in [0.25, 0.3) is 5.91 Å². The van der Waals surface area contributed by atoms with Crippen LogP contribution in [0, 0.1) is 0 Å². The number of quaternary nitrogens is 1. The number of amides is 1. The number of benzene rings is 1. The van der Waals surface area contributed by atoms with Gasteiger partial charge in [-0.15, -0.1) is 11.3 Å². The molecule has 0 unspecified atom stereocenters. The molecule has 3 nitrogen and oxygen atoms in total. The van der Waals surface area contributed by atoms with E-state index in [9.17, 15) is 4.79 Å². The Morgan fingerprint density at radius 3 is 2.88 bits per heavy atom. The quantitative estimate of drug-likeness (QED) is 0.815. The van der Waals surface area contributed by atoms with Crippen molar-refractivity contribution in [3.63, 3.8) is 0 Å². The van der Waals surface area contributed by atoms with Crippen molar-refractivity contribution in [3.8, 4) is 0 Å². The molecule has 0 saturated heterocycles. The second-order valence-electron chi connectivity index (χ2n) is 6.53. The van der Waals surface area contributed by atoms with Gasteiger partial charge in [-0.2, -0.15) is 0 Å². The van der Waals surface area contributed by atoms with E-state index in [1.807, 2.05) is 17.0 Å². The molecule has 0 fully saturated rings. The maximum Gasteiger partial charge on any atom is 0.278 e. The van der Waals surface area contributed by atoms with Crippen molar-refractivity contribution in [1.82, 2.24) is 4.90 Å². The normalized spacial score (nSPS) is 18.1. The van der Waals surface area contributed by atoms with Crippen LogP contribution in [-0.4, -0.2) is 29.9 Å². The summed E-state index contributed by atoms with van der Waals surface area (Å²) in [5.41, 5.74) is 2.14. The lowest BCUT2D eigenvalue weighted by atomic mass is 9.93. The summed E-state index contributed by atoms with van der Waals surface area (Å²) in [4.78, 5) is 16.3. The minimum atomic E-state index is -0.127. The van der Waals surface area contributed by atoms with Gasteiger partial charge >= 0.3 is 0 Å². The highest BCUT2D eigenvalue weighted by Crippen LogP contribution is 2.40. The molecule has 134 valence electrons. The van der Waals surface area contributed by atoms with Gasteiger partial charge < -0.3 is 10.2 Å². The van der Waals surface area contributed by atoms with E-state index in [0.29, 0.717) is 22.6 Å². The topological polar surface area (TPSA) is 36.9 Å². The average molecular weight is 398 g/mol. The zero-order chi connectivity index (χ0) is 18.0. The molecule has 1 aromatic carbocycles. The first-order chi connectivity index (χ1) is 12.0. The Morgan fingerprint density at radius 2 is 2.16 bits per heavy atom. The van der Waals surface area contributed by atoms with Gasteiger partial charge in [-0.3, -0.25) is 4.79 Å². The number of nitrogens with two attached hydrogens (primary N) is 1. The lowest BCUT2D eigenvalue weighted by Gasteiger charge is -2.36. The van der Waals surface area contributed by atoms with Crippen LogP contribution in [0.25, 0.3) is 0 Å². The standard InChI is InChI=1S/C19H22Cl2N2OS/c1-3-12(2)22-11-18(24)23-8-6-17-15(7-9-25-17)19(23)14-5-4-13(20)10-16(14)21/h4-5,7,9-10,12,19,22H,3,6,8,11H2,1-2H3/p+1/t12-,19+/m0/s1. The molecule has 1 amide bonds. The third-order valence-corrected chi connectivity index (χ3v) is 6.44. The summed E-state index contributed by atoms with van der Waals surface area (Å²) in [6.07, 6.45) is 1.96. The molecule has 1 aliphatic rings. The molecule has 0 spiro atoms. The summed E-state index contributed by atoms with van der Waals surface area (Å²) in [7, 11) is 0. The second-order valence-corrected chi connectivity index (χ2v) is 8.37. The highest BCUT2D eigenvalue weighted by molar-refractivity contribution is 7.10. The maximum atomic E-state index is 12.9. The number of rotatable bonds is 5. The van der Waals surface area contributed by atoms with Crippen molar-refractivity contribution in [1.29, 1.82) is 0 Å². The molecule has 1 aromatic heterocycles. The van der Waals surface area contributed by atoms with Crippen LogP contribution in [0.2, 0.25) is 10.0 Å². The van der Waals surface area contributed by atoms with Crippen molar-refractivity contribution in [2.45, 2.75) is 38.8 Å². The number of nitrogens with zero attached hydrogens (tertiary/aromatic N) is 1. The van der Waals surface area contributed by atoms with Crippen molar-refractivity contribution in [3.05, 3.63) is 55.7 Å². The molecule has 25 heavy (non-hydrogen) atoms. The lowest BCUT2D eigenvalue weighted by molar-refractivity contribution is -0.676. The van der Waals surface area contributed by atoms with Gasteiger partial charge in [0.2, 0.25) is 0 Å². The fourth-order valence-corrected chi connectivity index (χ4v) is 4.65. The highest BCUT2D eigenvalue weighted by Gasteiger charge is 2.34. The molecule has 0 aliphatic carbocycles. The summed E-state index contributed by atoms with van der Waals surface area (Å²) >= 11 is 14.3. The van der Waals surface area contributed by atoms with Crippen LogP contribution in [0.15, 0.2) is 29.6 Å². The van der Waals surface area contributed by atoms with Crippen LogP contribution in [0.4, 0.5) is 0 Å². The van der Waals surface area contributed by atoms with E-state index >= 15 is 0 Å². The molecular weight excluding hydrogens is 375 g/mol. The number of hydrogen-bond donors (Lipinski definition) is 1. The summed E-state index contributed by atoms with van der Waals surface area (Å²) in [5, 5.41) is 5.44. The summed E-state index contributed by atoms with van der Waals surface area (Å²) in [6, 6.07) is 7.99. The Kier molecular flexibility index (Phi) is 6.05. The molecule has 2 heterocycles. The summed E-state index contributed by atoms with van der Waals surface area (Å²) in [5.74, 6) is 0.160. The molecule has 2 atom stereocenters. The minimum Gasteiger partial charge on any atom is -0.336 e. The predicted octanol–water partition coefficient (Wildman–Crippen LogP) is 3.89. The Hall–Kier alpha value is -1.07. The van der Waals surface area contributed by atoms with E-state index in [0.717, 1.165) is 24.9 Å². The molecule has 0 radical (unpaired) electrons. The molecule has 2 aromatic rings. The highest BCUT2D eigenvalue weighted by atomic mass is 35.5. The predicted molar refractivity (Wildman–Crippen MR) is 105 cm³/mol. The van der Waals surface area contributed by atoms with Crippen molar-refractivity contribution in [2.75, 3.05) is 13.1 Å². The second kappa shape index (κ2) is 8.09. The van der Waals surface area contributed by atoms with Crippen molar-refractivity contribution in [2.24, 2.45) is 0 Å². The number of thiophene rings is 1. The van der Waals surface area contributed by atoms with E-state index in [4.69, 9.17) is 23.2 Å². The third-order valence-electron chi connectivity index (χ3n) is 4.88. The van der Waals surface area contributed by atoms with E-state index < -0.39 is 0 Å². The number of carbonyl (C=O) groups is 1. The molecule has 6 heteroatoms. The monoisotopic (exact) mass is 397 g/mol. The number of fused-ring (bicyclic) bond motifs is 1. The van der Waals surface area contributed by atoms with Crippen LogP contribution >= 0.6 is 34.5 Å². The lowest BCUT2D eigenvalue weighted by Crippen LogP contribution is -2.91. The van der Waals surface area contributed by atoms with Gasteiger partial charge in [0.15, 0.2) is 6.54 Å². The van der Waals surface area contributed by atoms with Gasteiger partial charge in [-0.1, -0.05) is 36.2 Å². The Bertz CT molecular complexity index is 762. The van der Waals surface area contributed by atoms with Crippen LogP contribution in [0.3, 0.4) is 0 Å². The molecule has 2 N–H and O–H groups in total. The van der Waals surface area contributed by atoms with Crippen molar-refractivity contribution >= 4 is 40.4 Å². The van der Waals surface area contributed by atoms with Crippen LogP contribution in [0.1, 0.15) is 42.3 Å². The fourth-order valence-electron chi connectivity index (χ4n) is 3.23. The van der Waals surface area contributed by atoms with Gasteiger partial charge in [0.05, 0.1) is 12.1 Å². The number of carbonyl (C=O) groups excluding carboxylic acids is 1. The van der Waals surface area contributed by atoms with E-state index in [-0.39, 0.29) is 11.9 Å². The first-order valence-corrected chi connectivity index (χ1v) is 10.3. The first kappa shape index (κ1) is 18.7. The van der Waals surface area contributed by atoms with Gasteiger partial charge in [-0.25, -0.2) is 0 Å². The molecule has 3 rings (SSSR count). The fraction of sp³-hybridized carbons (Fsp3) is 0.421. The summed E-state index contributed by atoms with van der Waals surface area (Å²) in [6.45, 7) is 5.48. The zero-order valence-electron chi connectivity index (χ0n) is 14.5. The van der Waals surface area contributed by atoms with Crippen molar-refractivity contribution < 1.29 is 10.1 Å². The molecular formula is C19H23Cl2N2OS+. The molecule has 0 bridgehead atoms. The zero-order valence-corrected chi connectivity index (χ0v) is 16.8. The smallest absolute Gasteiger partial charge is 0.278 e. The Labute approximate surface area is 162 Å². The number of halogens is 2. The minimum absolute atomic E-state index is 0.127. The number of hydrogen-bond acceptors (Lipinski definition) is 2. The first-order valence-electron chi connectivity index (χ1n) is 8.65. The largest absolute Gasteiger partial charge is 0.336 e. The SMILES string of the molecule is CC[C@H](C)[NH2+]CC(=O)N1CCc2sccc2[C@H]1c1ccc(Cl)cc1Cl. The van der Waals surface area contributed by atoms with Crippen LogP contribution < -0.4 is 5.32 Å². The van der Waals surface area contributed by atoms with Crippen LogP contribution in [0.5, 0.6) is 0 Å². The van der Waals surface area contributed by atoms with Gasteiger partial charge in [0.1, 0.15) is 0 Å². The Balaban J connectivity index is 1.93. The van der Waals surface area contributed by atoms with Gasteiger partial charge in [0, 0.05) is 21.5 Å². The Morgan fingerprint density at radius 1 is 1.36 bits per heavy atom. The summed E-state index contributed by atoms with van der Waals surface area (Å²) < 4.78 is 0. The molecule has 1 aliphatic heterocycles. The molecule has 0 saturated carbocycles. The average Bonchev–Trinajstić information content (AvgIpc) is 3.07. The van der Waals surface area contributed by atoms with E-state index in [2.05, 4.69) is 30.6 Å². The van der Waals surface area contributed by atoms with Gasteiger partial charge in [-0.05, 0) is 54.5 Å². The van der Waals surface area contributed by atoms with E-state index in [1.165, 1.54) is 10.4 Å². The third kappa shape index (κ3) is 4.03. The van der Waals surface area contributed by atoms with E-state index in [1.54, 1.807) is 17.4 Å². The maximum absolute atomic E-state index is 12.9.